The zero-order chi connectivity index (χ0) is 14.0. The summed E-state index contributed by atoms with van der Waals surface area (Å²) in [5.74, 6) is 0.288. The van der Waals surface area contributed by atoms with Crippen molar-refractivity contribution in [3.63, 3.8) is 0 Å². The van der Waals surface area contributed by atoms with Crippen molar-refractivity contribution in [2.45, 2.75) is 19.8 Å². The van der Waals surface area contributed by atoms with E-state index in [0.29, 0.717) is 0 Å². The Hall–Kier alpha value is -0.830. The third-order valence-electron chi connectivity index (χ3n) is 3.66. The molecule has 1 aromatic rings. The number of benzene rings is 1. The van der Waals surface area contributed by atoms with Gasteiger partial charge in [0.15, 0.2) is 5.78 Å². The van der Waals surface area contributed by atoms with Gasteiger partial charge in [0.05, 0.1) is 0 Å². The van der Waals surface area contributed by atoms with Crippen LogP contribution in [0, 0.1) is 5.41 Å². The predicted molar refractivity (Wildman–Crippen MR) is 87.6 cm³/mol. The van der Waals surface area contributed by atoms with Crippen molar-refractivity contribution in [3.05, 3.63) is 40.4 Å². The van der Waals surface area contributed by atoms with Crippen LogP contribution in [0.25, 0.3) is 6.08 Å². The minimum Gasteiger partial charge on any atom is -0.308 e. The number of hydrogen-bond donors (Lipinski definition) is 0. The van der Waals surface area contributed by atoms with Crippen molar-refractivity contribution in [1.82, 2.24) is 4.90 Å². The van der Waals surface area contributed by atoms with Crippen LogP contribution in [0.1, 0.15) is 25.3 Å². The van der Waals surface area contributed by atoms with Crippen molar-refractivity contribution in [2.75, 3.05) is 20.6 Å². The molecule has 4 heteroatoms. The second kappa shape index (κ2) is 6.75. The lowest BCUT2D eigenvalue weighted by atomic mass is 9.86. The van der Waals surface area contributed by atoms with Crippen molar-refractivity contribution in [2.24, 2.45) is 5.41 Å². The molecule has 1 atom stereocenters. The first-order valence-electron chi connectivity index (χ1n) is 6.56. The monoisotopic (exact) mass is 313 g/mol. The van der Waals surface area contributed by atoms with Gasteiger partial charge in [0.1, 0.15) is 0 Å². The molecule has 0 saturated heterocycles. The number of nitrogens with zero attached hydrogens (tertiary/aromatic N) is 1. The SMILES string of the molecule is CN(C)CC1(C)CC/C(=C\c2ccc(Cl)cc2)C1=O.Cl. The van der Waals surface area contributed by atoms with E-state index < -0.39 is 0 Å². The van der Waals surface area contributed by atoms with E-state index in [2.05, 4.69) is 11.8 Å². The summed E-state index contributed by atoms with van der Waals surface area (Å²) >= 11 is 5.87. The quantitative estimate of drug-likeness (QED) is 0.784. The maximum atomic E-state index is 12.5. The zero-order valence-electron chi connectivity index (χ0n) is 12.1. The van der Waals surface area contributed by atoms with Crippen LogP contribution in [-0.2, 0) is 4.79 Å². The van der Waals surface area contributed by atoms with Gasteiger partial charge in [-0.15, -0.1) is 12.4 Å². The third kappa shape index (κ3) is 3.85. The maximum absolute atomic E-state index is 12.5. The molecule has 2 nitrogen and oxygen atoms in total. The average Bonchev–Trinajstić information content (AvgIpc) is 2.59. The number of allylic oxidation sites excluding steroid dienone is 1. The number of halogens is 2. The molecule has 1 aromatic carbocycles. The molecule has 1 saturated carbocycles. The standard InChI is InChI=1S/C16H20ClNO.ClH/c1-16(11-18(2)3)9-8-13(15(16)19)10-12-4-6-14(17)7-5-12;/h4-7,10H,8-9,11H2,1-3H3;1H/b13-10+;. The van der Waals surface area contributed by atoms with Gasteiger partial charge in [-0.1, -0.05) is 30.7 Å². The van der Waals surface area contributed by atoms with E-state index >= 15 is 0 Å². The minimum absolute atomic E-state index is 0. The Balaban J connectivity index is 0.00000200. The summed E-state index contributed by atoms with van der Waals surface area (Å²) in [7, 11) is 4.03. The third-order valence-corrected chi connectivity index (χ3v) is 3.91. The Kier molecular flexibility index (Phi) is 5.81. The van der Waals surface area contributed by atoms with Crippen LogP contribution in [0.3, 0.4) is 0 Å². The van der Waals surface area contributed by atoms with Crippen LogP contribution in [0.5, 0.6) is 0 Å². The molecule has 1 unspecified atom stereocenters. The summed E-state index contributed by atoms with van der Waals surface area (Å²) in [4.78, 5) is 14.6. The van der Waals surface area contributed by atoms with Crippen molar-refractivity contribution in [3.8, 4) is 0 Å². The highest BCUT2D eigenvalue weighted by atomic mass is 35.5. The molecule has 0 spiro atoms. The van der Waals surface area contributed by atoms with Crippen LogP contribution < -0.4 is 0 Å². The molecule has 2 rings (SSSR count). The Morgan fingerprint density at radius 3 is 2.45 bits per heavy atom. The van der Waals surface area contributed by atoms with E-state index in [4.69, 9.17) is 11.6 Å². The number of hydrogen-bond acceptors (Lipinski definition) is 2. The zero-order valence-corrected chi connectivity index (χ0v) is 13.7. The van der Waals surface area contributed by atoms with Gasteiger partial charge in [-0.2, -0.15) is 0 Å². The molecule has 0 N–H and O–H groups in total. The smallest absolute Gasteiger partial charge is 0.166 e. The Morgan fingerprint density at radius 1 is 1.30 bits per heavy atom. The number of Topliss-reactive ketones (excluding diaryl/α,β-unsaturated/α-hetero) is 1. The molecule has 20 heavy (non-hydrogen) atoms. The van der Waals surface area contributed by atoms with Gasteiger partial charge >= 0.3 is 0 Å². The molecule has 1 fully saturated rings. The summed E-state index contributed by atoms with van der Waals surface area (Å²) < 4.78 is 0. The summed E-state index contributed by atoms with van der Waals surface area (Å²) in [5, 5.41) is 0.720. The first-order chi connectivity index (χ1) is 8.90. The summed E-state index contributed by atoms with van der Waals surface area (Å²) in [6.07, 6.45) is 3.80. The lowest BCUT2D eigenvalue weighted by Gasteiger charge is -2.25. The molecule has 0 radical (unpaired) electrons. The van der Waals surface area contributed by atoms with Gasteiger partial charge in [0.25, 0.3) is 0 Å². The van der Waals surface area contributed by atoms with E-state index in [1.165, 1.54) is 0 Å². The number of carbonyl (C=O) groups excluding carboxylic acids is 1. The highest BCUT2D eigenvalue weighted by Gasteiger charge is 2.40. The Labute approximate surface area is 132 Å². The molecule has 1 aliphatic carbocycles. The molecular weight excluding hydrogens is 293 g/mol. The van der Waals surface area contributed by atoms with Crippen LogP contribution in [0.2, 0.25) is 5.02 Å². The molecule has 0 aromatic heterocycles. The largest absolute Gasteiger partial charge is 0.308 e. The van der Waals surface area contributed by atoms with Gasteiger partial charge in [0, 0.05) is 17.0 Å². The molecule has 110 valence electrons. The fraction of sp³-hybridized carbons (Fsp3) is 0.438. The van der Waals surface area contributed by atoms with Gasteiger partial charge in [-0.25, -0.2) is 0 Å². The maximum Gasteiger partial charge on any atom is 0.166 e. The fourth-order valence-electron chi connectivity index (χ4n) is 2.77. The lowest BCUT2D eigenvalue weighted by molar-refractivity contribution is -0.122. The summed E-state index contributed by atoms with van der Waals surface area (Å²) in [5.41, 5.74) is 1.75. The van der Waals surface area contributed by atoms with Crippen molar-refractivity contribution >= 4 is 35.9 Å². The second-order valence-corrected chi connectivity index (χ2v) is 6.29. The average molecular weight is 314 g/mol. The summed E-state index contributed by atoms with van der Waals surface area (Å²) in [6.45, 7) is 2.88. The first-order valence-corrected chi connectivity index (χ1v) is 6.94. The van der Waals surface area contributed by atoms with Crippen molar-refractivity contribution < 1.29 is 4.79 Å². The van der Waals surface area contributed by atoms with Gasteiger partial charge < -0.3 is 4.90 Å². The van der Waals surface area contributed by atoms with E-state index in [1.54, 1.807) is 0 Å². The minimum atomic E-state index is -0.234. The van der Waals surface area contributed by atoms with Crippen LogP contribution >= 0.6 is 24.0 Å². The molecule has 0 aliphatic heterocycles. The fourth-order valence-corrected chi connectivity index (χ4v) is 2.90. The normalized spacial score (nSPS) is 24.2. The van der Waals surface area contributed by atoms with E-state index in [-0.39, 0.29) is 23.6 Å². The number of carbonyl (C=O) groups is 1. The van der Waals surface area contributed by atoms with Gasteiger partial charge in [-0.3, -0.25) is 4.79 Å². The molecule has 0 heterocycles. The highest BCUT2D eigenvalue weighted by Crippen LogP contribution is 2.39. The highest BCUT2D eigenvalue weighted by molar-refractivity contribution is 6.30. The topological polar surface area (TPSA) is 20.3 Å². The number of rotatable bonds is 3. The molecule has 1 aliphatic rings. The van der Waals surface area contributed by atoms with E-state index in [9.17, 15) is 4.79 Å². The van der Waals surface area contributed by atoms with Gasteiger partial charge in [-0.05, 0) is 56.3 Å². The molecular formula is C16H21Cl2NO. The van der Waals surface area contributed by atoms with Crippen LogP contribution in [0.4, 0.5) is 0 Å². The summed E-state index contributed by atoms with van der Waals surface area (Å²) in [6, 6.07) is 7.60. The van der Waals surface area contributed by atoms with Crippen LogP contribution in [0.15, 0.2) is 29.8 Å². The second-order valence-electron chi connectivity index (χ2n) is 5.85. The van der Waals surface area contributed by atoms with Crippen LogP contribution in [-0.4, -0.2) is 31.3 Å². The van der Waals surface area contributed by atoms with Gasteiger partial charge in [0.2, 0.25) is 0 Å². The van der Waals surface area contributed by atoms with E-state index in [1.807, 2.05) is 44.4 Å². The molecule has 0 bridgehead atoms. The molecule has 0 amide bonds. The first kappa shape index (κ1) is 17.2. The Morgan fingerprint density at radius 2 is 1.90 bits per heavy atom. The van der Waals surface area contributed by atoms with E-state index in [0.717, 1.165) is 35.5 Å². The predicted octanol–water partition coefficient (Wildman–Crippen LogP) is 4.08. The lowest BCUT2D eigenvalue weighted by Crippen LogP contribution is -2.34. The number of ketones is 1. The Bertz CT molecular complexity index is 508. The van der Waals surface area contributed by atoms with Crippen molar-refractivity contribution in [1.29, 1.82) is 0 Å².